The van der Waals surface area contributed by atoms with Crippen LogP contribution in [0.3, 0.4) is 0 Å². The Bertz CT molecular complexity index is 729. The third kappa shape index (κ3) is 5.16. The molecule has 2 rings (SSSR count). The number of pyridine rings is 1. The first-order chi connectivity index (χ1) is 9.71. The Morgan fingerprint density at radius 2 is 1.81 bits per heavy atom. The van der Waals surface area contributed by atoms with E-state index in [0.717, 1.165) is 0 Å². The zero-order valence-electron chi connectivity index (χ0n) is 11.0. The van der Waals surface area contributed by atoms with E-state index in [1.165, 1.54) is 30.5 Å². The zero-order valence-corrected chi connectivity index (χ0v) is 11.8. The highest BCUT2D eigenvalue weighted by molar-refractivity contribution is 7.85. The van der Waals surface area contributed by atoms with Crippen molar-refractivity contribution >= 4 is 21.6 Å². The van der Waals surface area contributed by atoms with E-state index < -0.39 is 15.0 Å². The molecule has 0 saturated heterocycles. The standard InChI is InChI=1S/C7H8O3S.C5H5N3O2/c1-6-4-2-3-5-7(6)11(8,9)10;6-5-2-1-4(3-7-5)8(9)10/h2-5H,1H3,(H,8,9,10);1-3H,(H2,6,7). The lowest BCUT2D eigenvalue weighted by atomic mass is 10.2. The minimum absolute atomic E-state index is 0.00852. The zero-order chi connectivity index (χ0) is 16.0. The Hall–Kier alpha value is -2.52. The minimum atomic E-state index is -4.28. The molecule has 8 nitrogen and oxygen atoms in total. The Morgan fingerprint density at radius 1 is 1.19 bits per heavy atom. The van der Waals surface area contributed by atoms with Crippen molar-refractivity contribution in [2.24, 2.45) is 0 Å². The summed E-state index contributed by atoms with van der Waals surface area (Å²) in [6, 6.07) is 8.88. The molecule has 2 aromatic rings. The summed E-state index contributed by atoms with van der Waals surface area (Å²) in [7, 11) is -4.28. The number of hydrogen-bond donors (Lipinski definition) is 1. The molecule has 9 heteroatoms. The Morgan fingerprint density at radius 3 is 2.19 bits per heavy atom. The Balaban J connectivity index is 0.000000211. The van der Waals surface area contributed by atoms with Crippen molar-refractivity contribution in [2.75, 3.05) is 5.73 Å². The number of rotatable bonds is 2. The Labute approximate surface area is 121 Å². The van der Waals surface area contributed by atoms with Crippen molar-refractivity contribution in [1.29, 1.82) is 0 Å². The molecule has 0 unspecified atom stereocenters. The van der Waals surface area contributed by atoms with Gasteiger partial charge in [-0.2, -0.15) is 0 Å². The molecular weight excluding hydrogens is 298 g/mol. The predicted octanol–water partition coefficient (Wildman–Crippen LogP) is 0.890. The second kappa shape index (κ2) is 6.77. The third-order valence-corrected chi connectivity index (χ3v) is 3.39. The summed E-state index contributed by atoms with van der Waals surface area (Å²) in [5.74, 6) is 0.408. The topological polar surface area (TPSA) is 140 Å². The summed E-state index contributed by atoms with van der Waals surface area (Å²) in [5, 5.41) is 10.1. The second-order valence-electron chi connectivity index (χ2n) is 3.98. The van der Waals surface area contributed by atoms with E-state index in [4.69, 9.17) is 5.73 Å². The molecule has 3 N–H and O–H groups in total. The number of aromatic amines is 1. The van der Waals surface area contributed by atoms with Gasteiger partial charge in [0.15, 0.2) is 6.20 Å². The van der Waals surface area contributed by atoms with E-state index in [-0.39, 0.29) is 10.6 Å². The van der Waals surface area contributed by atoms with Crippen LogP contribution in [0.2, 0.25) is 0 Å². The molecule has 1 aromatic heterocycles. The van der Waals surface area contributed by atoms with Gasteiger partial charge < -0.3 is 4.55 Å². The number of H-pyrrole nitrogens is 1. The highest BCUT2D eigenvalue weighted by Gasteiger charge is 2.05. The van der Waals surface area contributed by atoms with Crippen molar-refractivity contribution in [3.63, 3.8) is 0 Å². The monoisotopic (exact) mass is 311 g/mol. The van der Waals surface area contributed by atoms with Crippen LogP contribution in [-0.4, -0.2) is 17.9 Å². The number of nitrogens with zero attached hydrogens (tertiary/aromatic N) is 1. The first kappa shape index (κ1) is 16.5. The summed E-state index contributed by atoms with van der Waals surface area (Å²) in [5.41, 5.74) is 5.75. The lowest BCUT2D eigenvalue weighted by Gasteiger charge is -2.08. The minimum Gasteiger partial charge on any atom is -0.744 e. The van der Waals surface area contributed by atoms with Gasteiger partial charge in [-0.3, -0.25) is 15.8 Å². The van der Waals surface area contributed by atoms with Crippen molar-refractivity contribution in [3.8, 4) is 0 Å². The van der Waals surface area contributed by atoms with E-state index in [1.807, 2.05) is 0 Å². The smallest absolute Gasteiger partial charge is 0.308 e. The fraction of sp³-hybridized carbons (Fsp3) is 0.0833. The van der Waals surface area contributed by atoms with Crippen LogP contribution in [-0.2, 0) is 10.1 Å². The quantitative estimate of drug-likeness (QED) is 0.496. The maximum atomic E-state index is 10.5. The molecule has 0 aliphatic rings. The van der Waals surface area contributed by atoms with Gasteiger partial charge in [-0.25, -0.2) is 13.4 Å². The lowest BCUT2D eigenvalue weighted by molar-refractivity contribution is -0.413. The van der Waals surface area contributed by atoms with Crippen molar-refractivity contribution in [2.45, 2.75) is 11.8 Å². The number of anilines is 1. The fourth-order valence-corrected chi connectivity index (χ4v) is 2.09. The van der Waals surface area contributed by atoms with Crippen molar-refractivity contribution in [1.82, 2.24) is 0 Å². The van der Waals surface area contributed by atoms with Gasteiger partial charge in [0, 0.05) is 12.1 Å². The number of aromatic nitrogens is 1. The maximum absolute atomic E-state index is 10.5. The number of nitrogens with two attached hydrogens (primary N) is 1. The normalized spacial score (nSPS) is 10.4. The first-order valence-electron chi connectivity index (χ1n) is 5.65. The maximum Gasteiger partial charge on any atom is 0.308 e. The first-order valence-corrected chi connectivity index (χ1v) is 7.06. The average Bonchev–Trinajstić information content (AvgIpc) is 2.39. The molecule has 0 atom stereocenters. The van der Waals surface area contributed by atoms with Gasteiger partial charge in [0.05, 0.1) is 9.82 Å². The van der Waals surface area contributed by atoms with Gasteiger partial charge >= 0.3 is 5.69 Å². The van der Waals surface area contributed by atoms with Crippen LogP contribution in [0.25, 0.3) is 0 Å². The number of nitrogens with one attached hydrogen (secondary N) is 1. The average molecular weight is 311 g/mol. The number of benzene rings is 1. The summed E-state index contributed by atoms with van der Waals surface area (Å²) in [6.45, 7) is 1.59. The molecule has 0 fully saturated rings. The second-order valence-corrected chi connectivity index (χ2v) is 5.33. The van der Waals surface area contributed by atoms with E-state index >= 15 is 0 Å². The van der Waals surface area contributed by atoms with E-state index in [1.54, 1.807) is 19.1 Å². The van der Waals surface area contributed by atoms with Crippen LogP contribution >= 0.6 is 0 Å². The van der Waals surface area contributed by atoms with Crippen LogP contribution in [0.4, 0.5) is 11.5 Å². The van der Waals surface area contributed by atoms with E-state index in [9.17, 15) is 23.1 Å². The lowest BCUT2D eigenvalue weighted by Crippen LogP contribution is -2.09. The number of nitrogen functional groups attached to an aromatic ring is 1. The molecule has 0 saturated carbocycles. The molecule has 0 radical (unpaired) electrons. The van der Waals surface area contributed by atoms with Gasteiger partial charge in [0.2, 0.25) is 0 Å². The van der Waals surface area contributed by atoms with Gasteiger partial charge in [0.25, 0.3) is 5.82 Å². The van der Waals surface area contributed by atoms with Crippen LogP contribution in [0.5, 0.6) is 0 Å². The summed E-state index contributed by atoms with van der Waals surface area (Å²) >= 11 is 0. The van der Waals surface area contributed by atoms with Gasteiger partial charge in [0.1, 0.15) is 10.1 Å². The van der Waals surface area contributed by atoms with Crippen LogP contribution in [0.1, 0.15) is 5.56 Å². The van der Waals surface area contributed by atoms with Gasteiger partial charge in [-0.05, 0) is 18.6 Å². The van der Waals surface area contributed by atoms with E-state index in [0.29, 0.717) is 11.4 Å². The largest absolute Gasteiger partial charge is 0.744 e. The molecular formula is C12H13N3O5S. The Kier molecular flexibility index (Phi) is 5.33. The molecule has 0 aliphatic heterocycles. The number of aryl methyl sites for hydroxylation is 1. The summed E-state index contributed by atoms with van der Waals surface area (Å²) in [4.78, 5) is 11.9. The van der Waals surface area contributed by atoms with E-state index in [2.05, 4.69) is 4.98 Å². The molecule has 0 amide bonds. The SMILES string of the molecule is Cc1ccccc1S(=O)(=O)[O-].Nc1ccc([N+](=O)[O-])c[nH+]1. The summed E-state index contributed by atoms with van der Waals surface area (Å²) < 4.78 is 31.5. The fourth-order valence-electron chi connectivity index (χ4n) is 1.38. The van der Waals surface area contributed by atoms with Crippen LogP contribution in [0.15, 0.2) is 47.5 Å². The summed E-state index contributed by atoms with van der Waals surface area (Å²) in [6.07, 6.45) is 1.25. The van der Waals surface area contributed by atoms with Crippen molar-refractivity contribution < 1.29 is 22.9 Å². The van der Waals surface area contributed by atoms with Crippen LogP contribution in [0, 0.1) is 17.0 Å². The number of nitro groups is 1. The predicted molar refractivity (Wildman–Crippen MR) is 73.2 cm³/mol. The molecule has 21 heavy (non-hydrogen) atoms. The molecule has 1 heterocycles. The van der Waals surface area contributed by atoms with Crippen LogP contribution < -0.4 is 10.7 Å². The molecule has 0 spiro atoms. The molecule has 0 bridgehead atoms. The molecule has 1 aromatic carbocycles. The number of hydrogen-bond acceptors (Lipinski definition) is 6. The molecule has 112 valence electrons. The highest BCUT2D eigenvalue weighted by atomic mass is 32.2. The third-order valence-electron chi connectivity index (χ3n) is 2.39. The van der Waals surface area contributed by atoms with Gasteiger partial charge in [-0.15, -0.1) is 0 Å². The van der Waals surface area contributed by atoms with Gasteiger partial charge in [-0.1, -0.05) is 18.2 Å². The highest BCUT2D eigenvalue weighted by Crippen LogP contribution is 2.12. The molecule has 0 aliphatic carbocycles. The van der Waals surface area contributed by atoms with Crippen molar-refractivity contribution in [3.05, 3.63) is 58.3 Å².